The van der Waals surface area contributed by atoms with Gasteiger partial charge in [-0.3, -0.25) is 23.7 Å². The Hall–Kier alpha value is -4.00. The predicted molar refractivity (Wildman–Crippen MR) is 153 cm³/mol. The summed E-state index contributed by atoms with van der Waals surface area (Å²) in [4.78, 5) is 56.3. The zero-order chi connectivity index (χ0) is 29.5. The Kier molecular flexibility index (Phi) is 9.92. The van der Waals surface area contributed by atoms with E-state index in [4.69, 9.17) is 4.63 Å². The summed E-state index contributed by atoms with van der Waals surface area (Å²) < 4.78 is 6.08. The minimum Gasteiger partial charge on any atom is -0.481 e. The Morgan fingerprint density at radius 2 is 1.90 bits per heavy atom. The molecule has 2 atom stereocenters. The van der Waals surface area contributed by atoms with Gasteiger partial charge < -0.3 is 15.7 Å². The Labute approximate surface area is 241 Å². The quantitative estimate of drug-likeness (QED) is 0.241. The number of Topliss-reactive ketones (excluding diaryl/α,β-unsaturated/α-hetero) is 1. The molecule has 3 aromatic rings. The molecule has 1 amide bonds. The zero-order valence-corrected chi connectivity index (χ0v) is 24.0. The second-order valence-corrected chi connectivity index (χ2v) is 11.4. The number of amides is 1. The zero-order valence-electron chi connectivity index (χ0n) is 23.2. The Morgan fingerprint density at radius 1 is 1.17 bits per heavy atom. The lowest BCUT2D eigenvalue weighted by Gasteiger charge is -2.24. The van der Waals surface area contributed by atoms with Crippen molar-refractivity contribution < 1.29 is 24.1 Å². The van der Waals surface area contributed by atoms with Crippen molar-refractivity contribution in [3.63, 3.8) is 0 Å². The molecule has 1 aliphatic carbocycles. The highest BCUT2D eigenvalue weighted by Gasteiger charge is 2.40. The summed E-state index contributed by atoms with van der Waals surface area (Å²) in [6.45, 7) is 5.72. The summed E-state index contributed by atoms with van der Waals surface area (Å²) in [5, 5.41) is 22.7. The van der Waals surface area contributed by atoms with Crippen molar-refractivity contribution >= 4 is 35.2 Å². The first-order chi connectivity index (χ1) is 19.6. The average molecular weight is 583 g/mol. The molecule has 0 saturated heterocycles. The fraction of sp³-hybridized carbons (Fsp3) is 0.464. The molecule has 0 bridgehead atoms. The molecule has 0 radical (unpaired) electrons. The number of rotatable bonds is 15. The van der Waals surface area contributed by atoms with Crippen molar-refractivity contribution in [3.05, 3.63) is 69.5 Å². The first-order valence-corrected chi connectivity index (χ1v) is 14.6. The van der Waals surface area contributed by atoms with Crippen LogP contribution in [0.15, 0.2) is 46.0 Å². The number of hydrogen-bond donors (Lipinski definition) is 3. The molecule has 0 aliphatic heterocycles. The lowest BCUT2D eigenvalue weighted by molar-refractivity contribution is -0.140. The minimum atomic E-state index is -1.22. The van der Waals surface area contributed by atoms with Gasteiger partial charge in [0, 0.05) is 11.9 Å². The fourth-order valence-electron chi connectivity index (χ4n) is 4.31. The number of carboxylic acid groups (broad SMARTS) is 1. The summed E-state index contributed by atoms with van der Waals surface area (Å²) in [5.41, 5.74) is 2.22. The van der Waals surface area contributed by atoms with Gasteiger partial charge in [0.15, 0.2) is 11.6 Å². The summed E-state index contributed by atoms with van der Waals surface area (Å²) in [6.07, 6.45) is 2.48. The Bertz CT molecular complexity index is 1440. The number of carboxylic acids is 1. The topological polar surface area (TPSA) is 169 Å². The number of ketones is 1. The highest BCUT2D eigenvalue weighted by atomic mass is 32.2. The SMILES string of the molecule is Cc1nonc1CNc1nc(C(C)C)cn(C(C(=O)N[C@@H](CC(=O)O)C(=O)CSCc2ccccc2)C2CC2)c1=O. The summed E-state index contributed by atoms with van der Waals surface area (Å²) in [5.74, 6) is -1.67. The van der Waals surface area contributed by atoms with Crippen LogP contribution in [-0.4, -0.2) is 54.4 Å². The maximum absolute atomic E-state index is 13.7. The number of carbonyl (C=O) groups excluding carboxylic acids is 2. The number of aliphatic carboxylic acids is 1. The molecule has 1 unspecified atom stereocenters. The van der Waals surface area contributed by atoms with Gasteiger partial charge in [-0.15, -0.1) is 11.8 Å². The van der Waals surface area contributed by atoms with Crippen LogP contribution in [0, 0.1) is 12.8 Å². The van der Waals surface area contributed by atoms with Gasteiger partial charge in [-0.2, -0.15) is 0 Å². The summed E-state index contributed by atoms with van der Waals surface area (Å²) >= 11 is 1.35. The van der Waals surface area contributed by atoms with E-state index in [9.17, 15) is 24.3 Å². The maximum Gasteiger partial charge on any atom is 0.305 e. The largest absolute Gasteiger partial charge is 0.481 e. The number of hydrogen-bond acceptors (Lipinski definition) is 10. The third kappa shape index (κ3) is 8.03. The van der Waals surface area contributed by atoms with E-state index >= 15 is 0 Å². The monoisotopic (exact) mass is 582 g/mol. The number of aromatic nitrogens is 4. The smallest absolute Gasteiger partial charge is 0.305 e. The molecule has 4 rings (SSSR count). The number of nitrogens with one attached hydrogen (secondary N) is 2. The molecule has 1 aliphatic rings. The number of carbonyl (C=O) groups is 3. The van der Waals surface area contributed by atoms with E-state index in [2.05, 4.69) is 25.9 Å². The molecule has 13 heteroatoms. The van der Waals surface area contributed by atoms with Crippen LogP contribution in [0.2, 0.25) is 0 Å². The van der Waals surface area contributed by atoms with Crippen LogP contribution < -0.4 is 16.2 Å². The molecule has 1 fully saturated rings. The predicted octanol–water partition coefficient (Wildman–Crippen LogP) is 3.08. The first kappa shape index (κ1) is 30.0. The van der Waals surface area contributed by atoms with Crippen molar-refractivity contribution in [2.24, 2.45) is 5.92 Å². The Balaban J connectivity index is 1.54. The second kappa shape index (κ2) is 13.6. The highest BCUT2D eigenvalue weighted by molar-refractivity contribution is 7.99. The van der Waals surface area contributed by atoms with Gasteiger partial charge in [-0.05, 0) is 37.2 Å². The van der Waals surface area contributed by atoms with Gasteiger partial charge in [0.05, 0.1) is 30.5 Å². The van der Waals surface area contributed by atoms with Crippen LogP contribution >= 0.6 is 11.8 Å². The maximum atomic E-state index is 13.7. The van der Waals surface area contributed by atoms with Gasteiger partial charge in [-0.1, -0.05) is 54.5 Å². The van der Waals surface area contributed by atoms with E-state index in [0.717, 1.165) is 18.4 Å². The number of benzene rings is 1. The number of thioether (sulfide) groups is 1. The van der Waals surface area contributed by atoms with Gasteiger partial charge in [-0.25, -0.2) is 9.61 Å². The van der Waals surface area contributed by atoms with E-state index < -0.39 is 35.9 Å². The molecular formula is C28H34N6O6S. The average Bonchev–Trinajstić information content (AvgIpc) is 3.68. The third-order valence-electron chi connectivity index (χ3n) is 6.79. The van der Waals surface area contributed by atoms with E-state index in [1.54, 1.807) is 13.1 Å². The molecule has 41 heavy (non-hydrogen) atoms. The van der Waals surface area contributed by atoms with Crippen molar-refractivity contribution in [1.82, 2.24) is 25.2 Å². The third-order valence-corrected chi connectivity index (χ3v) is 7.81. The van der Waals surface area contributed by atoms with Crippen LogP contribution in [-0.2, 0) is 26.7 Å². The summed E-state index contributed by atoms with van der Waals surface area (Å²) in [7, 11) is 0. The standard InChI is InChI=1S/C28H34N6O6S/c1-16(2)22-13-34(28(39)26(30-22)29-12-21-17(3)32-40-33-21)25(19-9-10-19)27(38)31-20(11-24(36)37)23(35)15-41-14-18-7-5-4-6-8-18/h4-8,13,16,19-20,25H,9-12,14-15H2,1-3H3,(H,29,30)(H,31,38)(H,36,37)/t20-,25?/m0/s1. The van der Waals surface area contributed by atoms with Crippen LogP contribution in [0.3, 0.4) is 0 Å². The minimum absolute atomic E-state index is 0.0400. The van der Waals surface area contributed by atoms with Crippen molar-refractivity contribution in [3.8, 4) is 0 Å². The number of nitrogens with zero attached hydrogens (tertiary/aromatic N) is 4. The van der Waals surface area contributed by atoms with Gasteiger partial charge in [0.1, 0.15) is 17.4 Å². The van der Waals surface area contributed by atoms with Crippen molar-refractivity contribution in [2.45, 2.75) is 70.3 Å². The molecule has 1 aromatic carbocycles. The van der Waals surface area contributed by atoms with Crippen LogP contribution in [0.4, 0.5) is 5.82 Å². The van der Waals surface area contributed by atoms with E-state index in [-0.39, 0.29) is 35.7 Å². The molecule has 2 aromatic heterocycles. The van der Waals surface area contributed by atoms with Gasteiger partial charge in [0.2, 0.25) is 5.91 Å². The van der Waals surface area contributed by atoms with Gasteiger partial charge in [0.25, 0.3) is 5.56 Å². The van der Waals surface area contributed by atoms with E-state index in [0.29, 0.717) is 22.8 Å². The molecular weight excluding hydrogens is 548 g/mol. The normalized spacial score (nSPS) is 14.4. The van der Waals surface area contributed by atoms with E-state index in [1.807, 2.05) is 44.2 Å². The van der Waals surface area contributed by atoms with Crippen LogP contribution in [0.1, 0.15) is 67.7 Å². The van der Waals surface area contributed by atoms with Crippen LogP contribution in [0.25, 0.3) is 0 Å². The van der Waals surface area contributed by atoms with Crippen molar-refractivity contribution in [2.75, 3.05) is 11.1 Å². The first-order valence-electron chi connectivity index (χ1n) is 13.5. The van der Waals surface area contributed by atoms with Crippen molar-refractivity contribution in [1.29, 1.82) is 0 Å². The lowest BCUT2D eigenvalue weighted by Crippen LogP contribution is -2.48. The molecule has 3 N–H and O–H groups in total. The van der Waals surface area contributed by atoms with E-state index in [1.165, 1.54) is 16.3 Å². The summed E-state index contributed by atoms with van der Waals surface area (Å²) in [6, 6.07) is 7.47. The molecule has 12 nitrogen and oxygen atoms in total. The molecule has 1 saturated carbocycles. The second-order valence-electron chi connectivity index (χ2n) is 10.4. The molecule has 218 valence electrons. The highest BCUT2D eigenvalue weighted by Crippen LogP contribution is 2.40. The lowest BCUT2D eigenvalue weighted by atomic mass is 10.1. The van der Waals surface area contributed by atoms with Crippen LogP contribution in [0.5, 0.6) is 0 Å². The Morgan fingerprint density at radius 3 is 2.51 bits per heavy atom. The molecule has 0 spiro atoms. The number of aryl methyl sites for hydroxylation is 1. The number of anilines is 1. The van der Waals surface area contributed by atoms with Gasteiger partial charge >= 0.3 is 5.97 Å². The fourth-order valence-corrected chi connectivity index (χ4v) is 5.24. The molecule has 2 heterocycles.